The Bertz CT molecular complexity index is 339. The summed E-state index contributed by atoms with van der Waals surface area (Å²) in [5.74, 6) is 0.637. The third-order valence-electron chi connectivity index (χ3n) is 2.68. The van der Waals surface area contributed by atoms with Crippen molar-refractivity contribution in [3.05, 3.63) is 35.6 Å². The molecule has 2 amide bonds. The molecule has 0 bridgehead atoms. The fourth-order valence-electron chi connectivity index (χ4n) is 1.98. The lowest BCUT2D eigenvalue weighted by Gasteiger charge is -2.24. The summed E-state index contributed by atoms with van der Waals surface area (Å²) in [6.45, 7) is 0. The first-order valence-electron chi connectivity index (χ1n) is 4.90. The van der Waals surface area contributed by atoms with E-state index < -0.39 is 6.03 Å². The maximum absolute atomic E-state index is 10.7. The Hall–Kier alpha value is -1.51. The second-order valence-corrected chi connectivity index (χ2v) is 3.71. The van der Waals surface area contributed by atoms with Crippen molar-refractivity contribution in [3.63, 3.8) is 0 Å². The monoisotopic (exact) mass is 190 g/mol. The van der Waals surface area contributed by atoms with Crippen molar-refractivity contribution in [1.29, 1.82) is 0 Å². The van der Waals surface area contributed by atoms with Gasteiger partial charge in [-0.15, -0.1) is 0 Å². The summed E-state index contributed by atoms with van der Waals surface area (Å²) >= 11 is 0. The van der Waals surface area contributed by atoms with Crippen LogP contribution in [0.4, 0.5) is 4.79 Å². The van der Waals surface area contributed by atoms with Crippen LogP contribution < -0.4 is 11.1 Å². The van der Waals surface area contributed by atoms with Gasteiger partial charge >= 0.3 is 6.03 Å². The largest absolute Gasteiger partial charge is 0.351 e. The summed E-state index contributed by atoms with van der Waals surface area (Å²) in [5, 5.41) is 2.60. The molecule has 3 heteroatoms. The number of fused-ring (bicyclic) bond motifs is 1. The average molecular weight is 190 g/mol. The molecule has 0 aromatic rings. The minimum absolute atomic E-state index is 0.494. The number of carbonyl (C=O) groups is 1. The fourth-order valence-corrected chi connectivity index (χ4v) is 1.98. The molecule has 0 saturated heterocycles. The van der Waals surface area contributed by atoms with E-state index in [1.807, 2.05) is 12.2 Å². The number of carbonyl (C=O) groups excluding carboxylic acids is 1. The van der Waals surface area contributed by atoms with Crippen LogP contribution in [0.25, 0.3) is 0 Å². The van der Waals surface area contributed by atoms with Gasteiger partial charge in [-0.2, -0.15) is 0 Å². The number of amides is 2. The quantitative estimate of drug-likeness (QED) is 0.651. The minimum atomic E-state index is -0.494. The van der Waals surface area contributed by atoms with Gasteiger partial charge in [0, 0.05) is 5.70 Å². The van der Waals surface area contributed by atoms with Crippen LogP contribution in [0, 0.1) is 5.92 Å². The Labute approximate surface area is 83.4 Å². The second-order valence-electron chi connectivity index (χ2n) is 3.71. The van der Waals surface area contributed by atoms with Gasteiger partial charge in [-0.1, -0.05) is 18.2 Å². The zero-order valence-corrected chi connectivity index (χ0v) is 7.99. The van der Waals surface area contributed by atoms with Gasteiger partial charge in [-0.25, -0.2) is 4.79 Å². The van der Waals surface area contributed by atoms with Gasteiger partial charge in [0.05, 0.1) is 0 Å². The first kappa shape index (κ1) is 9.06. The van der Waals surface area contributed by atoms with E-state index in [-0.39, 0.29) is 0 Å². The first-order valence-corrected chi connectivity index (χ1v) is 4.90. The first-order chi connectivity index (χ1) is 6.75. The molecule has 2 rings (SSSR count). The van der Waals surface area contributed by atoms with Gasteiger partial charge in [0.1, 0.15) is 0 Å². The highest BCUT2D eigenvalue weighted by molar-refractivity contribution is 5.74. The Balaban J connectivity index is 2.13. The molecule has 0 saturated carbocycles. The highest BCUT2D eigenvalue weighted by atomic mass is 16.2. The van der Waals surface area contributed by atoms with Gasteiger partial charge in [-0.05, 0) is 36.8 Å². The lowest BCUT2D eigenvalue weighted by molar-refractivity contribution is 0.251. The smallest absolute Gasteiger partial charge is 0.316 e. The minimum Gasteiger partial charge on any atom is -0.351 e. The molecule has 0 radical (unpaired) electrons. The van der Waals surface area contributed by atoms with Gasteiger partial charge < -0.3 is 11.1 Å². The summed E-state index contributed by atoms with van der Waals surface area (Å²) in [6, 6.07) is -0.494. The maximum Gasteiger partial charge on any atom is 0.316 e. The van der Waals surface area contributed by atoms with Crippen LogP contribution in [0.3, 0.4) is 0 Å². The molecular weight excluding hydrogens is 176 g/mol. The van der Waals surface area contributed by atoms with Crippen LogP contribution in [-0.2, 0) is 0 Å². The number of rotatable bonds is 1. The molecule has 2 aliphatic carbocycles. The van der Waals surface area contributed by atoms with E-state index in [1.165, 1.54) is 12.0 Å². The number of allylic oxidation sites excluding steroid dienone is 5. The van der Waals surface area contributed by atoms with Crippen molar-refractivity contribution >= 4 is 6.03 Å². The number of nitrogens with two attached hydrogens (primary N) is 1. The molecule has 1 unspecified atom stereocenters. The van der Waals surface area contributed by atoms with Gasteiger partial charge in [0.15, 0.2) is 0 Å². The molecule has 0 aromatic heterocycles. The highest BCUT2D eigenvalue weighted by Gasteiger charge is 2.18. The zero-order chi connectivity index (χ0) is 9.97. The van der Waals surface area contributed by atoms with E-state index in [2.05, 4.69) is 17.5 Å². The average Bonchev–Trinajstić information content (AvgIpc) is 2.17. The van der Waals surface area contributed by atoms with E-state index in [9.17, 15) is 4.79 Å². The van der Waals surface area contributed by atoms with Crippen LogP contribution in [0.15, 0.2) is 35.6 Å². The molecule has 14 heavy (non-hydrogen) atoms. The number of hydrogen-bond donors (Lipinski definition) is 2. The molecule has 0 fully saturated rings. The van der Waals surface area contributed by atoms with E-state index >= 15 is 0 Å². The van der Waals surface area contributed by atoms with Gasteiger partial charge in [0.2, 0.25) is 0 Å². The molecule has 3 N–H and O–H groups in total. The summed E-state index contributed by atoms with van der Waals surface area (Å²) < 4.78 is 0. The Morgan fingerprint density at radius 1 is 1.57 bits per heavy atom. The number of urea groups is 1. The van der Waals surface area contributed by atoms with Crippen molar-refractivity contribution in [1.82, 2.24) is 5.32 Å². The van der Waals surface area contributed by atoms with Gasteiger partial charge in [-0.3, -0.25) is 0 Å². The van der Waals surface area contributed by atoms with E-state index in [0.717, 1.165) is 18.5 Å². The summed E-state index contributed by atoms with van der Waals surface area (Å²) in [7, 11) is 0. The standard InChI is InChI=1S/C11H14N2O/c12-11(14)13-10-6-5-8-3-1-2-4-9(8)7-10/h2,4,6-8H,1,3,5H2,(H3,12,13,14). The third-order valence-corrected chi connectivity index (χ3v) is 2.68. The fraction of sp³-hybridized carbons (Fsp3) is 0.364. The van der Waals surface area contributed by atoms with E-state index in [1.54, 1.807) is 0 Å². The van der Waals surface area contributed by atoms with Crippen molar-refractivity contribution in [3.8, 4) is 0 Å². The molecule has 0 aromatic carbocycles. The predicted octanol–water partition coefficient (Wildman–Crippen LogP) is 1.83. The topological polar surface area (TPSA) is 55.1 Å². The van der Waals surface area contributed by atoms with Crippen molar-refractivity contribution in [2.24, 2.45) is 11.7 Å². The SMILES string of the molecule is NC(=O)NC1=CCC2CCC=CC2=C1. The predicted molar refractivity (Wildman–Crippen MR) is 55.4 cm³/mol. The Kier molecular flexibility index (Phi) is 2.39. The number of nitrogens with one attached hydrogen (secondary N) is 1. The molecule has 2 aliphatic rings. The van der Waals surface area contributed by atoms with Gasteiger partial charge in [0.25, 0.3) is 0 Å². The summed E-state index contributed by atoms with van der Waals surface area (Å²) in [6.07, 6.45) is 11.7. The molecule has 0 aliphatic heterocycles. The van der Waals surface area contributed by atoms with E-state index in [0.29, 0.717) is 5.92 Å². The second kappa shape index (κ2) is 3.70. The van der Waals surface area contributed by atoms with Crippen LogP contribution in [-0.4, -0.2) is 6.03 Å². The van der Waals surface area contributed by atoms with E-state index in [4.69, 9.17) is 5.73 Å². The van der Waals surface area contributed by atoms with Crippen LogP contribution in [0.5, 0.6) is 0 Å². The van der Waals surface area contributed by atoms with Crippen LogP contribution in [0.2, 0.25) is 0 Å². The lowest BCUT2D eigenvalue weighted by atomic mass is 9.83. The number of primary amides is 1. The van der Waals surface area contributed by atoms with Crippen molar-refractivity contribution < 1.29 is 4.79 Å². The third kappa shape index (κ3) is 1.87. The zero-order valence-electron chi connectivity index (χ0n) is 7.99. The molecule has 0 spiro atoms. The maximum atomic E-state index is 10.7. The molecule has 1 atom stereocenters. The Morgan fingerprint density at radius 2 is 2.43 bits per heavy atom. The number of hydrogen-bond acceptors (Lipinski definition) is 1. The van der Waals surface area contributed by atoms with Crippen LogP contribution >= 0.6 is 0 Å². The molecule has 74 valence electrons. The normalized spacial score (nSPS) is 24.7. The lowest BCUT2D eigenvalue weighted by Crippen LogP contribution is -2.29. The highest BCUT2D eigenvalue weighted by Crippen LogP contribution is 2.31. The molecule has 3 nitrogen and oxygen atoms in total. The molecular formula is C11H14N2O. The molecule has 0 heterocycles. The van der Waals surface area contributed by atoms with Crippen LogP contribution in [0.1, 0.15) is 19.3 Å². The van der Waals surface area contributed by atoms with Crippen molar-refractivity contribution in [2.75, 3.05) is 0 Å². The van der Waals surface area contributed by atoms with Crippen molar-refractivity contribution in [2.45, 2.75) is 19.3 Å². The summed E-state index contributed by atoms with van der Waals surface area (Å²) in [5.41, 5.74) is 7.19. The summed E-state index contributed by atoms with van der Waals surface area (Å²) in [4.78, 5) is 10.7. The Morgan fingerprint density at radius 3 is 3.21 bits per heavy atom.